The monoisotopic (exact) mass is 252 g/mol. The van der Waals surface area contributed by atoms with Gasteiger partial charge in [0.15, 0.2) is 0 Å². The Morgan fingerprint density at radius 2 is 2.06 bits per heavy atom. The molecule has 94 valence electrons. The summed E-state index contributed by atoms with van der Waals surface area (Å²) in [7, 11) is 0. The molecule has 3 N–H and O–H groups in total. The third-order valence-electron chi connectivity index (χ3n) is 2.44. The van der Waals surface area contributed by atoms with Gasteiger partial charge in [-0.15, -0.1) is 0 Å². The molecule has 17 heavy (non-hydrogen) atoms. The van der Waals surface area contributed by atoms with Crippen LogP contribution in [0.3, 0.4) is 0 Å². The Morgan fingerprint density at radius 3 is 2.65 bits per heavy atom. The fourth-order valence-electron chi connectivity index (χ4n) is 1.46. The Morgan fingerprint density at radius 1 is 1.35 bits per heavy atom. The van der Waals surface area contributed by atoms with E-state index in [0.717, 1.165) is 24.3 Å². The average Bonchev–Trinajstić information content (AvgIpc) is 2.35. The molecule has 0 aliphatic heterocycles. The van der Waals surface area contributed by atoms with Crippen LogP contribution in [0.1, 0.15) is 18.4 Å². The van der Waals surface area contributed by atoms with E-state index < -0.39 is 0 Å². The molecule has 0 aromatic heterocycles. The zero-order valence-corrected chi connectivity index (χ0v) is 11.1. The van der Waals surface area contributed by atoms with E-state index >= 15 is 0 Å². The molecule has 0 atom stereocenters. The SMILES string of the molecule is CSCCc1ccc(NC(=O)CCCN)cc1. The molecule has 1 aromatic rings. The number of anilines is 1. The number of carbonyl (C=O) groups excluding carboxylic acids is 1. The van der Waals surface area contributed by atoms with Crippen molar-refractivity contribution in [3.8, 4) is 0 Å². The highest BCUT2D eigenvalue weighted by molar-refractivity contribution is 7.98. The van der Waals surface area contributed by atoms with Crippen LogP contribution >= 0.6 is 11.8 Å². The molecular weight excluding hydrogens is 232 g/mol. The molecule has 0 saturated heterocycles. The second kappa shape index (κ2) is 8.14. The van der Waals surface area contributed by atoms with Crippen LogP contribution in [0.5, 0.6) is 0 Å². The predicted molar refractivity (Wildman–Crippen MR) is 75.4 cm³/mol. The lowest BCUT2D eigenvalue weighted by Crippen LogP contribution is -2.13. The van der Waals surface area contributed by atoms with Crippen LogP contribution in [-0.4, -0.2) is 24.5 Å². The van der Waals surface area contributed by atoms with Gasteiger partial charge in [0, 0.05) is 12.1 Å². The van der Waals surface area contributed by atoms with Gasteiger partial charge in [-0.05, 0) is 49.1 Å². The normalized spacial score (nSPS) is 10.2. The smallest absolute Gasteiger partial charge is 0.224 e. The molecular formula is C13H20N2OS. The summed E-state index contributed by atoms with van der Waals surface area (Å²) in [5, 5.41) is 2.86. The summed E-state index contributed by atoms with van der Waals surface area (Å²) >= 11 is 1.84. The topological polar surface area (TPSA) is 55.1 Å². The van der Waals surface area contributed by atoms with E-state index in [2.05, 4.69) is 23.7 Å². The number of nitrogens with two attached hydrogens (primary N) is 1. The third kappa shape index (κ3) is 5.75. The Bertz CT molecular complexity index is 338. The van der Waals surface area contributed by atoms with E-state index in [1.54, 1.807) is 0 Å². The van der Waals surface area contributed by atoms with Crippen molar-refractivity contribution in [3.05, 3.63) is 29.8 Å². The maximum absolute atomic E-state index is 11.5. The maximum Gasteiger partial charge on any atom is 0.224 e. The first-order valence-electron chi connectivity index (χ1n) is 5.84. The molecule has 0 bridgehead atoms. The minimum atomic E-state index is 0.0345. The van der Waals surface area contributed by atoms with E-state index in [1.165, 1.54) is 5.56 Å². The molecule has 0 unspecified atom stereocenters. The predicted octanol–water partition coefficient (Wildman–Crippen LogP) is 2.27. The lowest BCUT2D eigenvalue weighted by molar-refractivity contribution is -0.116. The second-order valence-electron chi connectivity index (χ2n) is 3.88. The van der Waals surface area contributed by atoms with Gasteiger partial charge in [-0.25, -0.2) is 0 Å². The summed E-state index contributed by atoms with van der Waals surface area (Å²) in [5.41, 5.74) is 7.52. The van der Waals surface area contributed by atoms with Gasteiger partial charge in [0.25, 0.3) is 0 Å². The van der Waals surface area contributed by atoms with Crippen LogP contribution in [0.25, 0.3) is 0 Å². The first kappa shape index (κ1) is 14.1. The minimum Gasteiger partial charge on any atom is -0.330 e. The first-order valence-corrected chi connectivity index (χ1v) is 7.23. The van der Waals surface area contributed by atoms with Gasteiger partial charge in [-0.3, -0.25) is 4.79 Å². The number of hydrogen-bond acceptors (Lipinski definition) is 3. The molecule has 0 heterocycles. The number of aryl methyl sites for hydroxylation is 1. The third-order valence-corrected chi connectivity index (χ3v) is 3.05. The maximum atomic E-state index is 11.5. The highest BCUT2D eigenvalue weighted by Crippen LogP contribution is 2.11. The highest BCUT2D eigenvalue weighted by atomic mass is 32.2. The zero-order chi connectivity index (χ0) is 12.5. The molecule has 0 radical (unpaired) electrons. The second-order valence-corrected chi connectivity index (χ2v) is 4.87. The van der Waals surface area contributed by atoms with Gasteiger partial charge in [-0.2, -0.15) is 11.8 Å². The van der Waals surface area contributed by atoms with Crippen molar-refractivity contribution in [2.75, 3.05) is 23.9 Å². The number of hydrogen-bond donors (Lipinski definition) is 2. The Balaban J connectivity index is 2.42. The van der Waals surface area contributed by atoms with Crippen molar-refractivity contribution in [1.82, 2.24) is 0 Å². The lowest BCUT2D eigenvalue weighted by Gasteiger charge is -2.06. The summed E-state index contributed by atoms with van der Waals surface area (Å²) in [5.74, 6) is 1.16. The summed E-state index contributed by atoms with van der Waals surface area (Å²) in [6.45, 7) is 0.557. The standard InChI is InChI=1S/C13H20N2OS/c1-17-10-8-11-4-6-12(7-5-11)15-13(16)3-2-9-14/h4-7H,2-3,8-10,14H2,1H3,(H,15,16). The van der Waals surface area contributed by atoms with Gasteiger partial charge in [0.2, 0.25) is 5.91 Å². The molecule has 0 fully saturated rings. The molecule has 1 amide bonds. The van der Waals surface area contributed by atoms with Crippen LogP contribution in [0, 0.1) is 0 Å². The summed E-state index contributed by atoms with van der Waals surface area (Å²) in [4.78, 5) is 11.5. The van der Waals surface area contributed by atoms with Crippen LogP contribution in [0.2, 0.25) is 0 Å². The summed E-state index contributed by atoms with van der Waals surface area (Å²) in [6, 6.07) is 8.04. The fourth-order valence-corrected chi connectivity index (χ4v) is 1.90. The van der Waals surface area contributed by atoms with E-state index in [4.69, 9.17) is 5.73 Å². The molecule has 1 aromatic carbocycles. The number of carbonyl (C=O) groups is 1. The average molecular weight is 252 g/mol. The van der Waals surface area contributed by atoms with Crippen molar-refractivity contribution in [1.29, 1.82) is 0 Å². The van der Waals surface area contributed by atoms with Gasteiger partial charge < -0.3 is 11.1 Å². The first-order chi connectivity index (χ1) is 8.26. The van der Waals surface area contributed by atoms with Crippen molar-refractivity contribution < 1.29 is 4.79 Å². The molecule has 1 rings (SSSR count). The van der Waals surface area contributed by atoms with E-state index in [1.807, 2.05) is 23.9 Å². The van der Waals surface area contributed by atoms with Gasteiger partial charge in [0.05, 0.1) is 0 Å². The number of rotatable bonds is 7. The van der Waals surface area contributed by atoms with Crippen LogP contribution < -0.4 is 11.1 Å². The summed E-state index contributed by atoms with van der Waals surface area (Å²) in [6.07, 6.45) is 4.40. The Hall–Kier alpha value is -1.00. The molecule has 0 spiro atoms. The number of nitrogens with one attached hydrogen (secondary N) is 1. The van der Waals surface area contributed by atoms with Crippen LogP contribution in [-0.2, 0) is 11.2 Å². The van der Waals surface area contributed by atoms with Crippen molar-refractivity contribution >= 4 is 23.4 Å². The molecule has 0 saturated carbocycles. The van der Waals surface area contributed by atoms with Crippen molar-refractivity contribution in [2.24, 2.45) is 5.73 Å². The molecule has 0 aliphatic carbocycles. The van der Waals surface area contributed by atoms with E-state index in [-0.39, 0.29) is 5.91 Å². The molecule has 3 nitrogen and oxygen atoms in total. The fraction of sp³-hybridized carbons (Fsp3) is 0.462. The quantitative estimate of drug-likeness (QED) is 0.782. The van der Waals surface area contributed by atoms with E-state index in [0.29, 0.717) is 13.0 Å². The van der Waals surface area contributed by atoms with Crippen molar-refractivity contribution in [2.45, 2.75) is 19.3 Å². The Kier molecular flexibility index (Phi) is 6.74. The van der Waals surface area contributed by atoms with Gasteiger partial charge in [0.1, 0.15) is 0 Å². The Labute approximate surface area is 107 Å². The van der Waals surface area contributed by atoms with E-state index in [9.17, 15) is 4.79 Å². The van der Waals surface area contributed by atoms with Gasteiger partial charge >= 0.3 is 0 Å². The van der Waals surface area contributed by atoms with Gasteiger partial charge in [-0.1, -0.05) is 12.1 Å². The molecule has 0 aliphatic rings. The number of thioether (sulfide) groups is 1. The van der Waals surface area contributed by atoms with Crippen LogP contribution in [0.15, 0.2) is 24.3 Å². The zero-order valence-electron chi connectivity index (χ0n) is 10.2. The molecule has 4 heteroatoms. The van der Waals surface area contributed by atoms with Crippen molar-refractivity contribution in [3.63, 3.8) is 0 Å². The minimum absolute atomic E-state index is 0.0345. The summed E-state index contributed by atoms with van der Waals surface area (Å²) < 4.78 is 0. The lowest BCUT2D eigenvalue weighted by atomic mass is 10.1. The number of benzene rings is 1. The number of amides is 1. The van der Waals surface area contributed by atoms with Crippen LogP contribution in [0.4, 0.5) is 5.69 Å². The largest absolute Gasteiger partial charge is 0.330 e. The highest BCUT2D eigenvalue weighted by Gasteiger charge is 2.01.